The van der Waals surface area contributed by atoms with Crippen molar-refractivity contribution in [3.63, 3.8) is 0 Å². The molecule has 20 heavy (non-hydrogen) atoms. The van der Waals surface area contributed by atoms with Crippen LogP contribution in [0.25, 0.3) is 0 Å². The number of hydrogen-bond donors (Lipinski definition) is 2. The van der Waals surface area contributed by atoms with Crippen LogP contribution in [0.3, 0.4) is 0 Å². The highest BCUT2D eigenvalue weighted by Crippen LogP contribution is 2.16. The van der Waals surface area contributed by atoms with Crippen LogP contribution in [0.5, 0.6) is 0 Å². The van der Waals surface area contributed by atoms with Crippen LogP contribution >= 0.6 is 12.2 Å². The van der Waals surface area contributed by atoms with E-state index in [2.05, 4.69) is 22.1 Å². The lowest BCUT2D eigenvalue weighted by Crippen LogP contribution is -2.38. The van der Waals surface area contributed by atoms with Crippen molar-refractivity contribution < 1.29 is 0 Å². The molecule has 1 aliphatic heterocycles. The minimum atomic E-state index is 0.343. The molecule has 0 radical (unpaired) electrons. The van der Waals surface area contributed by atoms with Crippen molar-refractivity contribution in [3.05, 3.63) is 24.0 Å². The fraction of sp³-hybridized carbons (Fsp3) is 0.600. The first-order valence-corrected chi connectivity index (χ1v) is 7.81. The first kappa shape index (κ1) is 15.2. The van der Waals surface area contributed by atoms with Crippen molar-refractivity contribution in [2.75, 3.05) is 25.0 Å². The van der Waals surface area contributed by atoms with Gasteiger partial charge in [-0.2, -0.15) is 0 Å². The molecule has 1 fully saturated rings. The minimum absolute atomic E-state index is 0.343. The van der Waals surface area contributed by atoms with Gasteiger partial charge in [0.15, 0.2) is 0 Å². The zero-order valence-electron chi connectivity index (χ0n) is 12.1. The number of rotatable bonds is 6. The summed E-state index contributed by atoms with van der Waals surface area (Å²) in [6.45, 7) is 5.74. The molecule has 1 aromatic heterocycles. The van der Waals surface area contributed by atoms with E-state index in [-0.39, 0.29) is 0 Å². The normalized spacial score (nSPS) is 19.8. The summed E-state index contributed by atoms with van der Waals surface area (Å²) in [5.41, 5.74) is 7.22. The lowest BCUT2D eigenvalue weighted by Gasteiger charge is -2.33. The van der Waals surface area contributed by atoms with Gasteiger partial charge in [-0.25, -0.2) is 0 Å². The maximum atomic E-state index is 5.52. The first-order chi connectivity index (χ1) is 9.66. The standard InChI is InChI=1S/C15H24N4S/c1-12-5-2-3-9-19(12)10-4-8-17-13-6-7-14(15(16)20)18-11-13/h6-7,11-12,17H,2-5,8-10H2,1H3,(H2,16,20). The monoisotopic (exact) mass is 292 g/mol. The Balaban J connectivity index is 1.69. The molecule has 2 heterocycles. The molecule has 5 heteroatoms. The topological polar surface area (TPSA) is 54.2 Å². The number of piperidine rings is 1. The molecule has 4 nitrogen and oxygen atoms in total. The van der Waals surface area contributed by atoms with Crippen molar-refractivity contribution in [2.24, 2.45) is 5.73 Å². The van der Waals surface area contributed by atoms with E-state index in [1.807, 2.05) is 12.1 Å². The Kier molecular flexibility index (Phi) is 5.73. The molecule has 1 atom stereocenters. The van der Waals surface area contributed by atoms with Crippen molar-refractivity contribution in [1.29, 1.82) is 0 Å². The number of nitrogens with one attached hydrogen (secondary N) is 1. The summed E-state index contributed by atoms with van der Waals surface area (Å²) in [6.07, 6.45) is 7.02. The molecule has 110 valence electrons. The van der Waals surface area contributed by atoms with E-state index in [1.165, 1.54) is 32.4 Å². The van der Waals surface area contributed by atoms with Gasteiger partial charge >= 0.3 is 0 Å². The first-order valence-electron chi connectivity index (χ1n) is 7.40. The Labute approximate surface area is 126 Å². The number of thiocarbonyl (C=S) groups is 1. The number of nitrogens with two attached hydrogens (primary N) is 1. The summed E-state index contributed by atoms with van der Waals surface area (Å²) >= 11 is 4.88. The number of pyridine rings is 1. The number of likely N-dealkylation sites (tertiary alicyclic amines) is 1. The van der Waals surface area contributed by atoms with Crippen LogP contribution in [-0.2, 0) is 0 Å². The highest BCUT2D eigenvalue weighted by atomic mass is 32.1. The predicted octanol–water partition coefficient (Wildman–Crippen LogP) is 2.39. The van der Waals surface area contributed by atoms with Crippen LogP contribution in [0.1, 0.15) is 38.3 Å². The maximum Gasteiger partial charge on any atom is 0.122 e. The zero-order chi connectivity index (χ0) is 14.4. The molecular weight excluding hydrogens is 268 g/mol. The van der Waals surface area contributed by atoms with Gasteiger partial charge in [-0.15, -0.1) is 0 Å². The highest BCUT2D eigenvalue weighted by Gasteiger charge is 2.16. The molecule has 3 N–H and O–H groups in total. The average Bonchev–Trinajstić information content (AvgIpc) is 2.46. The summed E-state index contributed by atoms with van der Waals surface area (Å²) in [7, 11) is 0. The number of nitrogens with zero attached hydrogens (tertiary/aromatic N) is 2. The van der Waals surface area contributed by atoms with Gasteiger partial charge in [0.2, 0.25) is 0 Å². The molecular formula is C15H24N4S. The second-order valence-corrected chi connectivity index (χ2v) is 5.90. The lowest BCUT2D eigenvalue weighted by atomic mass is 10.0. The largest absolute Gasteiger partial charge is 0.388 e. The molecule has 0 aromatic carbocycles. The quantitative estimate of drug-likeness (QED) is 0.623. The van der Waals surface area contributed by atoms with Gasteiger partial charge in [-0.05, 0) is 44.9 Å². The van der Waals surface area contributed by atoms with E-state index in [4.69, 9.17) is 18.0 Å². The van der Waals surface area contributed by atoms with Crippen molar-refractivity contribution in [1.82, 2.24) is 9.88 Å². The summed E-state index contributed by atoms with van der Waals surface area (Å²) in [5, 5.41) is 3.39. The third-order valence-electron chi connectivity index (χ3n) is 3.91. The van der Waals surface area contributed by atoms with Crippen LogP contribution in [0.2, 0.25) is 0 Å². The smallest absolute Gasteiger partial charge is 0.122 e. The molecule has 1 saturated heterocycles. The van der Waals surface area contributed by atoms with E-state index >= 15 is 0 Å². The van der Waals surface area contributed by atoms with Crippen molar-refractivity contribution in [3.8, 4) is 0 Å². The van der Waals surface area contributed by atoms with Gasteiger partial charge in [0.1, 0.15) is 4.99 Å². The minimum Gasteiger partial charge on any atom is -0.388 e. The van der Waals surface area contributed by atoms with Crippen LogP contribution in [0, 0.1) is 0 Å². The van der Waals surface area contributed by atoms with Gasteiger partial charge in [0.05, 0.1) is 17.6 Å². The van der Waals surface area contributed by atoms with Gasteiger partial charge < -0.3 is 16.0 Å². The molecule has 1 aliphatic rings. The van der Waals surface area contributed by atoms with Crippen LogP contribution < -0.4 is 11.1 Å². The van der Waals surface area contributed by atoms with E-state index < -0.39 is 0 Å². The Morgan fingerprint density at radius 3 is 3.00 bits per heavy atom. The van der Waals surface area contributed by atoms with Crippen LogP contribution in [-0.4, -0.2) is 40.5 Å². The fourth-order valence-electron chi connectivity index (χ4n) is 2.65. The van der Waals surface area contributed by atoms with Gasteiger partial charge in [0, 0.05) is 19.1 Å². The van der Waals surface area contributed by atoms with Gasteiger partial charge in [0.25, 0.3) is 0 Å². The Bertz CT molecular complexity index is 432. The molecule has 0 bridgehead atoms. The zero-order valence-corrected chi connectivity index (χ0v) is 13.0. The van der Waals surface area contributed by atoms with Gasteiger partial charge in [-0.1, -0.05) is 18.6 Å². The Hall–Kier alpha value is -1.20. The van der Waals surface area contributed by atoms with Crippen molar-refractivity contribution >= 4 is 22.9 Å². The van der Waals surface area contributed by atoms with Crippen LogP contribution in [0.15, 0.2) is 18.3 Å². The summed E-state index contributed by atoms with van der Waals surface area (Å²) in [5.74, 6) is 0. The third-order valence-corrected chi connectivity index (χ3v) is 4.12. The molecule has 0 aliphatic carbocycles. The molecule has 0 saturated carbocycles. The number of aromatic nitrogens is 1. The molecule has 0 amide bonds. The van der Waals surface area contributed by atoms with Crippen LogP contribution in [0.4, 0.5) is 5.69 Å². The summed E-state index contributed by atoms with van der Waals surface area (Å²) < 4.78 is 0. The molecule has 2 rings (SSSR count). The van der Waals surface area contributed by atoms with E-state index in [0.29, 0.717) is 10.7 Å². The predicted molar refractivity (Wildman–Crippen MR) is 88.1 cm³/mol. The Morgan fingerprint density at radius 1 is 1.50 bits per heavy atom. The highest BCUT2D eigenvalue weighted by molar-refractivity contribution is 7.80. The summed E-state index contributed by atoms with van der Waals surface area (Å²) in [4.78, 5) is 7.16. The van der Waals surface area contributed by atoms with E-state index in [0.717, 1.165) is 24.7 Å². The Morgan fingerprint density at radius 2 is 2.35 bits per heavy atom. The second kappa shape index (κ2) is 7.55. The lowest BCUT2D eigenvalue weighted by molar-refractivity contribution is 0.160. The van der Waals surface area contributed by atoms with E-state index in [9.17, 15) is 0 Å². The average molecular weight is 292 g/mol. The number of hydrogen-bond acceptors (Lipinski definition) is 4. The van der Waals surface area contributed by atoms with E-state index in [1.54, 1.807) is 6.20 Å². The van der Waals surface area contributed by atoms with Crippen molar-refractivity contribution in [2.45, 2.75) is 38.6 Å². The third kappa shape index (κ3) is 4.42. The fourth-order valence-corrected chi connectivity index (χ4v) is 2.77. The SMILES string of the molecule is CC1CCCCN1CCCNc1ccc(C(N)=S)nc1. The molecule has 1 unspecified atom stereocenters. The molecule has 0 spiro atoms. The maximum absolute atomic E-state index is 5.52. The summed E-state index contributed by atoms with van der Waals surface area (Å²) in [6, 6.07) is 4.58. The second-order valence-electron chi connectivity index (χ2n) is 5.46. The molecule has 1 aromatic rings. The van der Waals surface area contributed by atoms with Gasteiger partial charge in [-0.3, -0.25) is 4.98 Å². The number of anilines is 1.